The number of phenols is 1. The van der Waals surface area contributed by atoms with Gasteiger partial charge in [-0.2, -0.15) is 0 Å². The Labute approximate surface area is 118 Å². The van der Waals surface area contributed by atoms with Crippen molar-refractivity contribution in [2.75, 3.05) is 5.32 Å². The zero-order chi connectivity index (χ0) is 14.4. The van der Waals surface area contributed by atoms with Gasteiger partial charge in [0.1, 0.15) is 5.75 Å². The topological polar surface area (TPSA) is 61.4 Å². The van der Waals surface area contributed by atoms with E-state index >= 15 is 0 Å². The zero-order valence-electron chi connectivity index (χ0n) is 11.4. The molecular formula is C16H18N2O2. The summed E-state index contributed by atoms with van der Waals surface area (Å²) in [5, 5.41) is 15.6. The van der Waals surface area contributed by atoms with Crippen molar-refractivity contribution in [2.45, 2.75) is 20.0 Å². The van der Waals surface area contributed by atoms with Gasteiger partial charge in [0.15, 0.2) is 0 Å². The van der Waals surface area contributed by atoms with Gasteiger partial charge in [0.2, 0.25) is 5.91 Å². The monoisotopic (exact) mass is 270 g/mol. The van der Waals surface area contributed by atoms with E-state index in [0.717, 1.165) is 16.8 Å². The standard InChI is InChI=1S/C16H18N2O2/c1-12(19)18-15-8-6-13(7-9-15)10-17-11-14-4-2-3-5-16(14)20/h2-9,17,20H,10-11H2,1H3,(H,18,19). The van der Waals surface area contributed by atoms with Crippen LogP contribution in [0, 0.1) is 0 Å². The molecule has 0 radical (unpaired) electrons. The number of anilines is 1. The molecule has 4 nitrogen and oxygen atoms in total. The summed E-state index contributed by atoms with van der Waals surface area (Å²) in [6.07, 6.45) is 0. The van der Waals surface area contributed by atoms with Crippen LogP contribution in [0.1, 0.15) is 18.1 Å². The highest BCUT2D eigenvalue weighted by atomic mass is 16.3. The molecule has 104 valence electrons. The molecule has 0 unspecified atom stereocenters. The number of carbonyl (C=O) groups is 1. The number of hydrogen-bond donors (Lipinski definition) is 3. The van der Waals surface area contributed by atoms with Crippen molar-refractivity contribution in [1.29, 1.82) is 0 Å². The van der Waals surface area contributed by atoms with Gasteiger partial charge in [-0.3, -0.25) is 4.79 Å². The maximum absolute atomic E-state index is 10.9. The fourth-order valence-electron chi connectivity index (χ4n) is 1.91. The third kappa shape index (κ3) is 4.10. The van der Waals surface area contributed by atoms with Crippen molar-refractivity contribution in [3.05, 3.63) is 59.7 Å². The minimum absolute atomic E-state index is 0.0737. The van der Waals surface area contributed by atoms with E-state index in [-0.39, 0.29) is 5.91 Å². The Bertz CT molecular complexity index is 579. The molecule has 0 spiro atoms. The first-order chi connectivity index (χ1) is 9.65. The maximum Gasteiger partial charge on any atom is 0.221 e. The molecule has 0 saturated carbocycles. The second-order valence-corrected chi connectivity index (χ2v) is 4.61. The number of rotatable bonds is 5. The van der Waals surface area contributed by atoms with Gasteiger partial charge in [0.25, 0.3) is 0 Å². The van der Waals surface area contributed by atoms with Crippen molar-refractivity contribution in [3.63, 3.8) is 0 Å². The van der Waals surface area contributed by atoms with Crippen molar-refractivity contribution in [1.82, 2.24) is 5.32 Å². The van der Waals surface area contributed by atoms with E-state index in [4.69, 9.17) is 0 Å². The van der Waals surface area contributed by atoms with Crippen molar-refractivity contribution >= 4 is 11.6 Å². The van der Waals surface area contributed by atoms with E-state index in [1.807, 2.05) is 36.4 Å². The van der Waals surface area contributed by atoms with Gasteiger partial charge >= 0.3 is 0 Å². The summed E-state index contributed by atoms with van der Waals surface area (Å²) in [5.41, 5.74) is 2.79. The van der Waals surface area contributed by atoms with Crippen LogP contribution >= 0.6 is 0 Å². The minimum atomic E-state index is -0.0737. The summed E-state index contributed by atoms with van der Waals surface area (Å²) in [7, 11) is 0. The lowest BCUT2D eigenvalue weighted by molar-refractivity contribution is -0.114. The van der Waals surface area contributed by atoms with E-state index in [1.165, 1.54) is 6.92 Å². The van der Waals surface area contributed by atoms with E-state index in [1.54, 1.807) is 12.1 Å². The summed E-state index contributed by atoms with van der Waals surface area (Å²) in [6.45, 7) is 2.80. The quantitative estimate of drug-likeness (QED) is 0.782. The van der Waals surface area contributed by atoms with Crippen LogP contribution in [0.25, 0.3) is 0 Å². The Morgan fingerprint density at radius 1 is 1.05 bits per heavy atom. The van der Waals surface area contributed by atoms with Gasteiger partial charge in [0, 0.05) is 31.3 Å². The minimum Gasteiger partial charge on any atom is -0.508 e. The first kappa shape index (κ1) is 14.1. The van der Waals surface area contributed by atoms with Gasteiger partial charge < -0.3 is 15.7 Å². The summed E-state index contributed by atoms with van der Waals surface area (Å²) in [6, 6.07) is 14.9. The average molecular weight is 270 g/mol. The third-order valence-electron chi connectivity index (χ3n) is 2.91. The van der Waals surface area contributed by atoms with Crippen LogP contribution in [0.3, 0.4) is 0 Å². The third-order valence-corrected chi connectivity index (χ3v) is 2.91. The molecule has 0 atom stereocenters. The lowest BCUT2D eigenvalue weighted by Gasteiger charge is -2.08. The van der Waals surface area contributed by atoms with Crippen LogP contribution in [-0.2, 0) is 17.9 Å². The van der Waals surface area contributed by atoms with Crippen LogP contribution in [0.15, 0.2) is 48.5 Å². The largest absolute Gasteiger partial charge is 0.508 e. The molecule has 0 saturated heterocycles. The molecule has 0 aliphatic rings. The average Bonchev–Trinajstić information content (AvgIpc) is 2.42. The van der Waals surface area contributed by atoms with Crippen molar-refractivity contribution in [3.8, 4) is 5.75 Å². The number of carbonyl (C=O) groups excluding carboxylic acids is 1. The van der Waals surface area contributed by atoms with Gasteiger partial charge in [-0.25, -0.2) is 0 Å². The molecule has 0 fully saturated rings. The van der Waals surface area contributed by atoms with Crippen LogP contribution in [-0.4, -0.2) is 11.0 Å². The van der Waals surface area contributed by atoms with Crippen LogP contribution < -0.4 is 10.6 Å². The maximum atomic E-state index is 10.9. The van der Waals surface area contributed by atoms with E-state index < -0.39 is 0 Å². The number of nitrogens with one attached hydrogen (secondary N) is 2. The predicted octanol–water partition coefficient (Wildman–Crippen LogP) is 2.64. The molecule has 0 bridgehead atoms. The summed E-state index contributed by atoms with van der Waals surface area (Å²) in [4.78, 5) is 10.9. The Balaban J connectivity index is 1.85. The first-order valence-corrected chi connectivity index (χ1v) is 6.49. The Morgan fingerprint density at radius 3 is 2.40 bits per heavy atom. The van der Waals surface area contributed by atoms with Crippen LogP contribution in [0.4, 0.5) is 5.69 Å². The van der Waals surface area contributed by atoms with Gasteiger partial charge in [-0.15, -0.1) is 0 Å². The molecule has 0 heterocycles. The smallest absolute Gasteiger partial charge is 0.221 e. The molecule has 1 amide bonds. The molecule has 20 heavy (non-hydrogen) atoms. The molecule has 3 N–H and O–H groups in total. The Kier molecular flexibility index (Phi) is 4.74. The molecule has 0 aliphatic carbocycles. The number of phenolic OH excluding ortho intramolecular Hbond substituents is 1. The highest BCUT2D eigenvalue weighted by molar-refractivity contribution is 5.88. The lowest BCUT2D eigenvalue weighted by Crippen LogP contribution is -2.13. The number of amides is 1. The first-order valence-electron chi connectivity index (χ1n) is 6.49. The van der Waals surface area contributed by atoms with E-state index in [2.05, 4.69) is 10.6 Å². The molecule has 2 rings (SSSR count). The molecule has 4 heteroatoms. The lowest BCUT2D eigenvalue weighted by atomic mass is 10.1. The van der Waals surface area contributed by atoms with Gasteiger partial charge in [0.05, 0.1) is 0 Å². The number of aromatic hydroxyl groups is 1. The second kappa shape index (κ2) is 6.73. The molecule has 0 aliphatic heterocycles. The number of benzene rings is 2. The van der Waals surface area contributed by atoms with E-state index in [9.17, 15) is 9.90 Å². The predicted molar refractivity (Wildman–Crippen MR) is 79.4 cm³/mol. The fourth-order valence-corrected chi connectivity index (χ4v) is 1.91. The second-order valence-electron chi connectivity index (χ2n) is 4.61. The van der Waals surface area contributed by atoms with Gasteiger partial charge in [-0.05, 0) is 23.8 Å². The SMILES string of the molecule is CC(=O)Nc1ccc(CNCc2ccccc2O)cc1. The zero-order valence-corrected chi connectivity index (χ0v) is 11.4. The van der Waals surface area contributed by atoms with Crippen LogP contribution in [0.2, 0.25) is 0 Å². The molecule has 2 aromatic carbocycles. The highest BCUT2D eigenvalue weighted by Gasteiger charge is 2.00. The molecule has 2 aromatic rings. The normalized spacial score (nSPS) is 10.2. The highest BCUT2D eigenvalue weighted by Crippen LogP contribution is 2.15. The molecular weight excluding hydrogens is 252 g/mol. The number of hydrogen-bond acceptors (Lipinski definition) is 3. The van der Waals surface area contributed by atoms with E-state index in [0.29, 0.717) is 18.8 Å². The van der Waals surface area contributed by atoms with Crippen molar-refractivity contribution < 1.29 is 9.90 Å². The van der Waals surface area contributed by atoms with Crippen LogP contribution in [0.5, 0.6) is 5.75 Å². The summed E-state index contributed by atoms with van der Waals surface area (Å²) < 4.78 is 0. The number of para-hydroxylation sites is 1. The van der Waals surface area contributed by atoms with Crippen molar-refractivity contribution in [2.24, 2.45) is 0 Å². The Morgan fingerprint density at radius 2 is 1.75 bits per heavy atom. The molecule has 0 aromatic heterocycles. The Hall–Kier alpha value is -2.33. The summed E-state index contributed by atoms with van der Waals surface area (Å²) >= 11 is 0. The van der Waals surface area contributed by atoms with Gasteiger partial charge in [-0.1, -0.05) is 30.3 Å². The summed E-state index contributed by atoms with van der Waals surface area (Å²) in [5.74, 6) is 0.233. The fraction of sp³-hybridized carbons (Fsp3) is 0.188.